The van der Waals surface area contributed by atoms with E-state index in [1.165, 1.54) is 33.0 Å². The minimum absolute atomic E-state index is 0.0163. The summed E-state index contributed by atoms with van der Waals surface area (Å²) >= 11 is 0. The van der Waals surface area contributed by atoms with Gasteiger partial charge in [-0.05, 0) is 43.9 Å². The van der Waals surface area contributed by atoms with Crippen LogP contribution in [0.15, 0.2) is 40.1 Å². The molecule has 1 aliphatic heterocycles. The van der Waals surface area contributed by atoms with E-state index in [9.17, 15) is 27.6 Å². The van der Waals surface area contributed by atoms with E-state index in [1.54, 1.807) is 28.7 Å². The van der Waals surface area contributed by atoms with Gasteiger partial charge in [0.2, 0.25) is 5.91 Å². The number of nitrogens with zero attached hydrogens (tertiary/aromatic N) is 4. The molecule has 1 fully saturated rings. The number of benzene rings is 1. The average molecular weight is 504 g/mol. The number of rotatable bonds is 4. The molecule has 1 atom stereocenters. The number of aryl methyl sites for hydroxylation is 1. The number of halogens is 3. The highest BCUT2D eigenvalue weighted by Gasteiger charge is 2.33. The smallest absolute Gasteiger partial charge is 0.362 e. The van der Waals surface area contributed by atoms with Crippen molar-refractivity contribution in [1.82, 2.24) is 19.2 Å². The maximum absolute atomic E-state index is 13.4. The predicted octanol–water partition coefficient (Wildman–Crippen LogP) is 3.78. The maximum atomic E-state index is 13.4. The molecule has 1 N–H and O–H groups in total. The van der Waals surface area contributed by atoms with Crippen LogP contribution >= 0.6 is 0 Å². The van der Waals surface area contributed by atoms with E-state index >= 15 is 0 Å². The highest BCUT2D eigenvalue weighted by molar-refractivity contribution is 5.90. The third-order valence-electron chi connectivity index (χ3n) is 6.91. The van der Waals surface area contributed by atoms with Gasteiger partial charge in [-0.15, -0.1) is 0 Å². The lowest BCUT2D eigenvalue weighted by molar-refractivity contribution is -0.138. The first-order chi connectivity index (χ1) is 16.9. The van der Waals surface area contributed by atoms with Crippen molar-refractivity contribution >= 4 is 22.5 Å². The van der Waals surface area contributed by atoms with Gasteiger partial charge in [0, 0.05) is 50.8 Å². The van der Waals surface area contributed by atoms with Crippen LogP contribution in [0.2, 0.25) is 0 Å². The number of carbonyl (C=O) groups is 1. The van der Waals surface area contributed by atoms with Crippen molar-refractivity contribution in [2.24, 2.45) is 7.05 Å². The molecule has 3 aromatic rings. The number of hydrogen-bond donors (Lipinski definition) is 1. The van der Waals surface area contributed by atoms with Gasteiger partial charge in [0.25, 0.3) is 11.1 Å². The summed E-state index contributed by atoms with van der Waals surface area (Å²) in [6, 6.07) is 4.58. The zero-order valence-corrected chi connectivity index (χ0v) is 20.5. The number of amides is 1. The minimum atomic E-state index is -4.48. The Morgan fingerprint density at radius 1 is 1.17 bits per heavy atom. The minimum Gasteiger partial charge on any atom is -0.362 e. The van der Waals surface area contributed by atoms with Crippen LogP contribution in [0.25, 0.3) is 10.8 Å². The van der Waals surface area contributed by atoms with Gasteiger partial charge in [-0.1, -0.05) is 12.1 Å². The molecule has 1 saturated heterocycles. The van der Waals surface area contributed by atoms with Gasteiger partial charge >= 0.3 is 6.18 Å². The van der Waals surface area contributed by atoms with Crippen molar-refractivity contribution in [3.63, 3.8) is 0 Å². The first-order valence-electron chi connectivity index (χ1n) is 11.7. The van der Waals surface area contributed by atoms with Gasteiger partial charge in [0.1, 0.15) is 0 Å². The lowest BCUT2D eigenvalue weighted by Gasteiger charge is -2.32. The summed E-state index contributed by atoms with van der Waals surface area (Å²) in [6.45, 7) is 5.70. The number of hydrogen-bond acceptors (Lipinski definition) is 5. The highest BCUT2D eigenvalue weighted by atomic mass is 19.4. The molecule has 8 nitrogen and oxygen atoms in total. The highest BCUT2D eigenvalue weighted by Crippen LogP contribution is 2.35. The predicted molar refractivity (Wildman–Crippen MR) is 130 cm³/mol. The molecule has 4 rings (SSSR count). The average Bonchev–Trinajstić information content (AvgIpc) is 2.81. The molecule has 0 saturated carbocycles. The number of fused-ring (bicyclic) bond motifs is 1. The Balaban J connectivity index is 1.75. The first-order valence-corrected chi connectivity index (χ1v) is 11.7. The molecule has 192 valence electrons. The van der Waals surface area contributed by atoms with E-state index in [0.717, 1.165) is 10.7 Å². The Kier molecular flexibility index (Phi) is 6.68. The quantitative estimate of drug-likeness (QED) is 0.586. The second kappa shape index (κ2) is 9.44. The largest absolute Gasteiger partial charge is 0.416 e. The van der Waals surface area contributed by atoms with Crippen LogP contribution in [0.5, 0.6) is 0 Å². The number of likely N-dealkylation sites (tertiary alicyclic amines) is 1. The van der Waals surface area contributed by atoms with Crippen molar-refractivity contribution < 1.29 is 18.0 Å². The number of carbonyl (C=O) groups excluding carboxylic acids is 1. The standard InChI is InChI=1S/C25H28F3N5O3/c1-14-18(6-5-7-21(14)25(26,27)28)15(2)29-23-20-13-33(17-8-10-32(11-9-17)16(3)34)22(35)12-19(20)24(36)31(4)30-23/h5-7,12-13,15,17H,8-11H2,1-4H3,(H,29,30)/t15-/m1/s1. The molecule has 0 radical (unpaired) electrons. The molecule has 0 unspecified atom stereocenters. The van der Waals surface area contributed by atoms with Crippen LogP contribution in [0.1, 0.15) is 55.5 Å². The van der Waals surface area contributed by atoms with Gasteiger partial charge in [0.05, 0.1) is 17.0 Å². The van der Waals surface area contributed by atoms with E-state index in [1.807, 2.05) is 0 Å². The number of aromatic nitrogens is 3. The van der Waals surface area contributed by atoms with Crippen molar-refractivity contribution in [2.45, 2.75) is 51.9 Å². The fraction of sp³-hybridized carbons (Fsp3) is 0.440. The SMILES string of the molecule is CC(=O)N1CCC(n2cc3c(N[C@H](C)c4cccc(C(F)(F)F)c4C)nn(C)c(=O)c3cc2=O)CC1. The van der Waals surface area contributed by atoms with E-state index < -0.39 is 23.3 Å². The van der Waals surface area contributed by atoms with E-state index in [2.05, 4.69) is 10.4 Å². The number of alkyl halides is 3. The molecular formula is C25H28F3N5O3. The molecule has 36 heavy (non-hydrogen) atoms. The van der Waals surface area contributed by atoms with E-state index in [0.29, 0.717) is 36.9 Å². The summed E-state index contributed by atoms with van der Waals surface area (Å²) in [5, 5.41) is 8.05. The second-order valence-electron chi connectivity index (χ2n) is 9.24. The van der Waals surface area contributed by atoms with Crippen LogP contribution < -0.4 is 16.4 Å². The lowest BCUT2D eigenvalue weighted by Crippen LogP contribution is -2.39. The Morgan fingerprint density at radius 3 is 2.44 bits per heavy atom. The molecule has 1 aromatic carbocycles. The Labute approximate surface area is 205 Å². The second-order valence-corrected chi connectivity index (χ2v) is 9.24. The molecule has 0 aliphatic carbocycles. The third-order valence-corrected chi connectivity index (χ3v) is 6.91. The van der Waals surface area contributed by atoms with E-state index in [4.69, 9.17) is 0 Å². The molecule has 11 heteroatoms. The lowest BCUT2D eigenvalue weighted by atomic mass is 9.97. The number of pyridine rings is 1. The zero-order valence-electron chi connectivity index (χ0n) is 20.5. The van der Waals surface area contributed by atoms with Crippen LogP contribution in [-0.4, -0.2) is 38.2 Å². The van der Waals surface area contributed by atoms with Gasteiger partial charge in [0.15, 0.2) is 5.82 Å². The van der Waals surface area contributed by atoms with Crippen LogP contribution in [0.4, 0.5) is 19.0 Å². The Bertz CT molecular complexity index is 1440. The monoisotopic (exact) mass is 503 g/mol. The topological polar surface area (TPSA) is 89.2 Å². The molecule has 1 aliphatic rings. The molecule has 1 amide bonds. The molecule has 0 spiro atoms. The van der Waals surface area contributed by atoms with Gasteiger partial charge in [-0.25, -0.2) is 4.68 Å². The fourth-order valence-electron chi connectivity index (χ4n) is 4.90. The Hall–Kier alpha value is -3.63. The van der Waals surface area contributed by atoms with Crippen LogP contribution in [-0.2, 0) is 18.0 Å². The van der Waals surface area contributed by atoms with E-state index in [-0.39, 0.29) is 34.3 Å². The summed E-state index contributed by atoms with van der Waals surface area (Å²) in [4.78, 5) is 39.1. The van der Waals surface area contributed by atoms with Crippen molar-refractivity contribution in [1.29, 1.82) is 0 Å². The van der Waals surface area contributed by atoms with Crippen LogP contribution in [0.3, 0.4) is 0 Å². The van der Waals surface area contributed by atoms with Crippen molar-refractivity contribution in [3.05, 3.63) is 67.9 Å². The molecule has 0 bridgehead atoms. The summed E-state index contributed by atoms with van der Waals surface area (Å²) in [5.74, 6) is 0.267. The normalized spacial score (nSPS) is 15.8. The zero-order chi connectivity index (χ0) is 26.4. The molecule has 2 aromatic heterocycles. The number of piperidine rings is 1. The number of nitrogens with one attached hydrogen (secondary N) is 1. The van der Waals surface area contributed by atoms with Gasteiger partial charge in [-0.3, -0.25) is 14.4 Å². The third kappa shape index (κ3) is 4.74. The van der Waals surface area contributed by atoms with Crippen molar-refractivity contribution in [3.8, 4) is 0 Å². The molecule has 3 heterocycles. The maximum Gasteiger partial charge on any atom is 0.416 e. The Morgan fingerprint density at radius 2 is 1.83 bits per heavy atom. The number of anilines is 1. The summed E-state index contributed by atoms with van der Waals surface area (Å²) in [6.07, 6.45) is -1.71. The van der Waals surface area contributed by atoms with Crippen LogP contribution in [0, 0.1) is 6.92 Å². The van der Waals surface area contributed by atoms with Crippen molar-refractivity contribution in [2.75, 3.05) is 18.4 Å². The summed E-state index contributed by atoms with van der Waals surface area (Å²) < 4.78 is 42.9. The fourth-order valence-corrected chi connectivity index (χ4v) is 4.90. The summed E-state index contributed by atoms with van der Waals surface area (Å²) in [7, 11) is 1.45. The van der Waals surface area contributed by atoms with Gasteiger partial charge < -0.3 is 14.8 Å². The summed E-state index contributed by atoms with van der Waals surface area (Å²) in [5.41, 5.74) is -0.946. The first kappa shape index (κ1) is 25.5. The van der Waals surface area contributed by atoms with Gasteiger partial charge in [-0.2, -0.15) is 18.3 Å². The molecular weight excluding hydrogens is 475 g/mol.